The maximum Gasteiger partial charge on any atom is 0.291 e. The molecule has 7 nitrogen and oxygen atoms in total. The summed E-state index contributed by atoms with van der Waals surface area (Å²) in [6.45, 7) is 0.352. The van der Waals surface area contributed by atoms with Gasteiger partial charge in [0.15, 0.2) is 5.76 Å². The van der Waals surface area contributed by atoms with Gasteiger partial charge in [0.05, 0.1) is 6.26 Å². The number of nitrogens with one attached hydrogen (secondary N) is 2. The van der Waals surface area contributed by atoms with Crippen molar-refractivity contribution >= 4 is 23.4 Å². The number of hydrogen-bond acceptors (Lipinski definition) is 4. The van der Waals surface area contributed by atoms with Gasteiger partial charge < -0.3 is 20.0 Å². The minimum atomic E-state index is -0.456. The molecule has 0 bridgehead atoms. The molecule has 0 spiro atoms. The van der Waals surface area contributed by atoms with Crippen LogP contribution in [-0.2, 0) is 11.3 Å². The first-order chi connectivity index (χ1) is 17.1. The predicted octanol–water partition coefficient (Wildman–Crippen LogP) is 4.62. The van der Waals surface area contributed by atoms with Crippen molar-refractivity contribution in [1.29, 1.82) is 0 Å². The number of carbonyl (C=O) groups excluding carboxylic acids is 3. The Labute approximate surface area is 204 Å². The smallest absolute Gasteiger partial charge is 0.291 e. The molecule has 1 aliphatic carbocycles. The fourth-order valence-corrected chi connectivity index (χ4v) is 5.33. The van der Waals surface area contributed by atoms with Crippen molar-refractivity contribution in [3.8, 4) is 0 Å². The van der Waals surface area contributed by atoms with Crippen LogP contribution in [0, 0.1) is 5.92 Å². The average molecular weight is 472 g/mol. The lowest BCUT2D eigenvalue weighted by Crippen LogP contribution is -2.49. The van der Waals surface area contributed by atoms with E-state index in [1.165, 1.54) is 6.26 Å². The molecule has 2 aromatic carbocycles. The summed E-state index contributed by atoms with van der Waals surface area (Å²) < 4.78 is 5.11. The fourth-order valence-electron chi connectivity index (χ4n) is 5.33. The maximum atomic E-state index is 13.4. The van der Waals surface area contributed by atoms with E-state index in [0.717, 1.165) is 31.2 Å². The topological polar surface area (TPSA) is 91.7 Å². The van der Waals surface area contributed by atoms with E-state index in [4.69, 9.17) is 4.42 Å². The van der Waals surface area contributed by atoms with Crippen molar-refractivity contribution in [3.05, 3.63) is 89.9 Å². The summed E-state index contributed by atoms with van der Waals surface area (Å²) in [5.74, 6) is 0.134. The molecule has 3 amide bonds. The lowest BCUT2D eigenvalue weighted by Gasteiger charge is -2.33. The van der Waals surface area contributed by atoms with Crippen molar-refractivity contribution in [3.63, 3.8) is 0 Å². The maximum absolute atomic E-state index is 13.4. The molecule has 2 aliphatic rings. The number of carbonyl (C=O) groups is 3. The van der Waals surface area contributed by atoms with E-state index in [2.05, 4.69) is 10.6 Å². The number of benzene rings is 2. The zero-order chi connectivity index (χ0) is 24.2. The highest BCUT2D eigenvalue weighted by atomic mass is 16.3. The summed E-state index contributed by atoms with van der Waals surface area (Å²) in [7, 11) is 0. The van der Waals surface area contributed by atoms with Crippen molar-refractivity contribution in [2.24, 2.45) is 5.92 Å². The van der Waals surface area contributed by atoms with Crippen molar-refractivity contribution in [2.75, 3.05) is 5.32 Å². The van der Waals surface area contributed by atoms with Crippen LogP contribution in [0.4, 0.5) is 5.69 Å². The lowest BCUT2D eigenvalue weighted by molar-refractivity contribution is -0.125. The van der Waals surface area contributed by atoms with Gasteiger partial charge in [-0.1, -0.05) is 43.2 Å². The summed E-state index contributed by atoms with van der Waals surface area (Å²) in [5.41, 5.74) is 2.18. The highest BCUT2D eigenvalue weighted by Crippen LogP contribution is 2.40. The zero-order valence-electron chi connectivity index (χ0n) is 19.5. The first-order valence-electron chi connectivity index (χ1n) is 12.2. The summed E-state index contributed by atoms with van der Waals surface area (Å²) >= 11 is 0. The Hall–Kier alpha value is -3.87. The Balaban J connectivity index is 1.23. The van der Waals surface area contributed by atoms with E-state index in [9.17, 15) is 14.4 Å². The monoisotopic (exact) mass is 471 g/mol. The molecule has 3 unspecified atom stereocenters. The quantitative estimate of drug-likeness (QED) is 0.549. The molecule has 3 atom stereocenters. The van der Waals surface area contributed by atoms with E-state index >= 15 is 0 Å². The number of likely N-dealkylation sites (tertiary alicyclic amines) is 1. The molecule has 2 heterocycles. The van der Waals surface area contributed by atoms with Gasteiger partial charge >= 0.3 is 0 Å². The number of anilines is 1. The van der Waals surface area contributed by atoms with Gasteiger partial charge in [-0.05, 0) is 67.1 Å². The second-order valence-corrected chi connectivity index (χ2v) is 9.29. The molecule has 1 aliphatic heterocycles. The Morgan fingerprint density at radius 1 is 0.914 bits per heavy atom. The van der Waals surface area contributed by atoms with Crippen molar-refractivity contribution < 1.29 is 18.8 Å². The van der Waals surface area contributed by atoms with Crippen LogP contribution < -0.4 is 10.6 Å². The van der Waals surface area contributed by atoms with Crippen molar-refractivity contribution in [2.45, 2.75) is 50.7 Å². The van der Waals surface area contributed by atoms with Gasteiger partial charge in [0.2, 0.25) is 5.91 Å². The highest BCUT2D eigenvalue weighted by Gasteiger charge is 2.47. The molecule has 1 saturated heterocycles. The molecule has 35 heavy (non-hydrogen) atoms. The third kappa shape index (κ3) is 4.99. The largest absolute Gasteiger partial charge is 0.459 e. The SMILES string of the molecule is O=C(Nc1ccc(CNC(=O)C2CC3CCCCC3N2C(=O)c2ccccc2)cc1)c1ccco1. The van der Waals surface area contributed by atoms with Crippen molar-refractivity contribution in [1.82, 2.24) is 10.2 Å². The van der Waals surface area contributed by atoms with Crippen LogP contribution in [0.3, 0.4) is 0 Å². The van der Waals surface area contributed by atoms with Crippen LogP contribution >= 0.6 is 0 Å². The number of furan rings is 1. The van der Waals surface area contributed by atoms with Crippen LogP contribution in [0.2, 0.25) is 0 Å². The fraction of sp³-hybridized carbons (Fsp3) is 0.321. The molecular formula is C28H29N3O4. The minimum Gasteiger partial charge on any atom is -0.459 e. The Bertz CT molecular complexity index is 1170. The number of fused-ring (bicyclic) bond motifs is 1. The van der Waals surface area contributed by atoms with Gasteiger partial charge in [0.25, 0.3) is 11.8 Å². The Morgan fingerprint density at radius 3 is 2.43 bits per heavy atom. The van der Waals surface area contributed by atoms with E-state index in [0.29, 0.717) is 30.1 Å². The summed E-state index contributed by atoms with van der Waals surface area (Å²) in [5, 5.41) is 5.81. The number of hydrogen-bond donors (Lipinski definition) is 2. The number of nitrogens with zero attached hydrogens (tertiary/aromatic N) is 1. The van der Waals surface area contributed by atoms with Gasteiger partial charge in [-0.25, -0.2) is 0 Å². The van der Waals surface area contributed by atoms with Gasteiger partial charge in [0, 0.05) is 23.8 Å². The Morgan fingerprint density at radius 2 is 1.69 bits per heavy atom. The van der Waals surface area contributed by atoms with Gasteiger partial charge in [-0.2, -0.15) is 0 Å². The summed E-state index contributed by atoms with van der Waals surface area (Å²) in [6.07, 6.45) is 6.44. The molecule has 3 aromatic rings. The van der Waals surface area contributed by atoms with E-state index < -0.39 is 6.04 Å². The number of rotatable bonds is 6. The second kappa shape index (κ2) is 10.2. The number of amides is 3. The standard InChI is InChI=1S/C28H29N3O4/c32-26(29-18-19-12-14-22(15-13-19)30-27(33)25-11-6-16-35-25)24-17-21-9-4-5-10-23(21)31(24)28(34)20-7-2-1-3-8-20/h1-3,6-8,11-16,21,23-24H,4-5,9-10,17-18H2,(H,29,32)(H,30,33). The van der Waals surface area contributed by atoms with E-state index in [-0.39, 0.29) is 29.5 Å². The molecule has 7 heteroatoms. The normalized spacial score (nSPS) is 21.3. The minimum absolute atomic E-state index is 0.0585. The molecule has 5 rings (SSSR count). The van der Waals surface area contributed by atoms with E-state index in [1.54, 1.807) is 24.3 Å². The summed E-state index contributed by atoms with van der Waals surface area (Å²) in [4.78, 5) is 40.7. The second-order valence-electron chi connectivity index (χ2n) is 9.29. The molecule has 1 saturated carbocycles. The molecule has 2 fully saturated rings. The van der Waals surface area contributed by atoms with Crippen LogP contribution in [0.1, 0.15) is 58.6 Å². The van der Waals surface area contributed by atoms with Gasteiger partial charge in [0.1, 0.15) is 6.04 Å². The first kappa shape index (κ1) is 22.9. The van der Waals surface area contributed by atoms with Crippen LogP contribution in [0.15, 0.2) is 77.4 Å². The van der Waals surface area contributed by atoms with Crippen LogP contribution in [-0.4, -0.2) is 34.7 Å². The average Bonchev–Trinajstić information content (AvgIpc) is 3.57. The molecular weight excluding hydrogens is 442 g/mol. The predicted molar refractivity (Wildman–Crippen MR) is 132 cm³/mol. The first-order valence-corrected chi connectivity index (χ1v) is 12.2. The lowest BCUT2D eigenvalue weighted by atomic mass is 9.84. The van der Waals surface area contributed by atoms with Crippen LogP contribution in [0.5, 0.6) is 0 Å². The molecule has 2 N–H and O–H groups in total. The third-order valence-electron chi connectivity index (χ3n) is 7.07. The third-order valence-corrected chi connectivity index (χ3v) is 7.07. The molecule has 0 radical (unpaired) electrons. The highest BCUT2D eigenvalue weighted by molar-refractivity contribution is 6.02. The Kier molecular flexibility index (Phi) is 6.66. The molecule has 180 valence electrons. The van der Waals surface area contributed by atoms with Gasteiger partial charge in [-0.15, -0.1) is 0 Å². The van der Waals surface area contributed by atoms with E-state index in [1.807, 2.05) is 47.4 Å². The summed E-state index contributed by atoms with van der Waals surface area (Å²) in [6, 6.07) is 19.5. The van der Waals surface area contributed by atoms with Crippen LogP contribution in [0.25, 0.3) is 0 Å². The van der Waals surface area contributed by atoms with Gasteiger partial charge in [-0.3, -0.25) is 14.4 Å². The molecule has 1 aromatic heterocycles. The zero-order valence-corrected chi connectivity index (χ0v) is 19.5.